The number of nitrogens with zero attached hydrogens (tertiary/aromatic N) is 4. The number of quaternary nitrogens is 1. The number of thiophene rings is 1. The fourth-order valence-corrected chi connectivity index (χ4v) is 4.75. The van der Waals surface area contributed by atoms with Crippen LogP contribution in [-0.2, 0) is 0 Å². The first-order valence-corrected chi connectivity index (χ1v) is 10.6. The highest BCUT2D eigenvalue weighted by molar-refractivity contribution is 7.13. The van der Waals surface area contributed by atoms with E-state index in [1.54, 1.807) is 23.8 Å². The minimum absolute atomic E-state index is 0.0696. The number of nitrogens with two attached hydrogens (primary N) is 1. The van der Waals surface area contributed by atoms with E-state index in [0.29, 0.717) is 10.9 Å². The highest BCUT2D eigenvalue weighted by atomic mass is 35.5. The number of hydrogen-bond acceptors (Lipinski definition) is 5. The van der Waals surface area contributed by atoms with E-state index in [4.69, 9.17) is 27.4 Å². The molecule has 2 aromatic heterocycles. The first-order chi connectivity index (χ1) is 14.6. The molecule has 3 aliphatic rings. The molecule has 1 atom stereocenters. The van der Waals surface area contributed by atoms with Crippen LogP contribution < -0.4 is 5.84 Å². The van der Waals surface area contributed by atoms with Gasteiger partial charge in [0.15, 0.2) is 0 Å². The lowest BCUT2D eigenvalue weighted by atomic mass is 10.0. The smallest absolute Gasteiger partial charge is 0.253 e. The molecule has 1 unspecified atom stereocenters. The Balaban J connectivity index is 1.53. The minimum Gasteiger partial charge on any atom is -0.253 e. The van der Waals surface area contributed by atoms with Gasteiger partial charge in [-0.1, -0.05) is 42.0 Å². The van der Waals surface area contributed by atoms with Crippen LogP contribution in [0.25, 0.3) is 21.5 Å². The van der Waals surface area contributed by atoms with Gasteiger partial charge in [-0.25, -0.2) is 4.98 Å². The SMILES string of the molecule is N[N+]12C=CN=CC1=C(C1=CC=C1)N=C2c1cc2nc(-c3cccs3)ccc2cc1Cl. The molecule has 4 heterocycles. The molecule has 2 aliphatic heterocycles. The Kier molecular flexibility index (Phi) is 3.78. The summed E-state index contributed by atoms with van der Waals surface area (Å²) < 4.78 is -0.0696. The first kappa shape index (κ1) is 17.7. The van der Waals surface area contributed by atoms with Gasteiger partial charge in [0.05, 0.1) is 39.1 Å². The van der Waals surface area contributed by atoms with Gasteiger partial charge in [0.25, 0.3) is 5.84 Å². The number of aliphatic imine (C=N–C) groups is 2. The maximum absolute atomic E-state index is 6.81. The van der Waals surface area contributed by atoms with Gasteiger partial charge in [0, 0.05) is 11.0 Å². The van der Waals surface area contributed by atoms with E-state index in [1.807, 2.05) is 60.1 Å². The Morgan fingerprint density at radius 1 is 1.13 bits per heavy atom. The van der Waals surface area contributed by atoms with E-state index in [1.165, 1.54) is 0 Å². The summed E-state index contributed by atoms with van der Waals surface area (Å²) in [7, 11) is 0. The monoisotopic (exact) mass is 428 g/mol. The van der Waals surface area contributed by atoms with Crippen molar-refractivity contribution in [2.24, 2.45) is 15.8 Å². The van der Waals surface area contributed by atoms with Crippen molar-refractivity contribution >= 4 is 45.9 Å². The highest BCUT2D eigenvalue weighted by Gasteiger charge is 2.45. The molecule has 3 aromatic rings. The van der Waals surface area contributed by atoms with Crippen molar-refractivity contribution in [3.05, 3.63) is 100.0 Å². The number of fused-ring (bicyclic) bond motifs is 2. The van der Waals surface area contributed by atoms with E-state index in [0.717, 1.165) is 44.0 Å². The molecule has 0 spiro atoms. The standard InChI is InChI=1S/C23H15ClN5S/c24-17-11-15-6-7-18(21-5-2-10-30-21)27-19(15)12-16(17)23-28-22(14-3-1-4-14)20-13-26-8-9-29(20,23)25/h1-13H,25H2/q+1. The van der Waals surface area contributed by atoms with Crippen LogP contribution in [0.2, 0.25) is 5.02 Å². The molecule has 0 saturated heterocycles. The minimum atomic E-state index is -0.0696. The number of benzene rings is 1. The molecule has 0 amide bonds. The van der Waals surface area contributed by atoms with Gasteiger partial charge in [-0.15, -0.1) is 15.9 Å². The Labute approximate surface area is 181 Å². The molecule has 6 rings (SSSR count). The summed E-state index contributed by atoms with van der Waals surface area (Å²) in [5.74, 6) is 7.46. The van der Waals surface area contributed by atoms with E-state index in [2.05, 4.69) is 11.1 Å². The summed E-state index contributed by atoms with van der Waals surface area (Å²) in [6.07, 6.45) is 11.3. The van der Waals surface area contributed by atoms with Crippen LogP contribution >= 0.6 is 22.9 Å². The van der Waals surface area contributed by atoms with Crippen molar-refractivity contribution in [2.75, 3.05) is 0 Å². The molecule has 0 saturated carbocycles. The van der Waals surface area contributed by atoms with E-state index < -0.39 is 0 Å². The van der Waals surface area contributed by atoms with E-state index in [9.17, 15) is 0 Å². The summed E-state index contributed by atoms with van der Waals surface area (Å²) in [6, 6.07) is 12.1. The van der Waals surface area contributed by atoms with Crippen LogP contribution in [0.3, 0.4) is 0 Å². The Morgan fingerprint density at radius 3 is 2.80 bits per heavy atom. The number of hydrogen-bond donors (Lipinski definition) is 1. The normalized spacial score (nSPS) is 21.7. The fourth-order valence-electron chi connectivity index (χ4n) is 3.80. The van der Waals surface area contributed by atoms with Crippen molar-refractivity contribution in [1.82, 2.24) is 4.98 Å². The molecule has 0 radical (unpaired) electrons. The predicted octanol–water partition coefficient (Wildman–Crippen LogP) is 5.33. The molecule has 1 aromatic carbocycles. The predicted molar refractivity (Wildman–Crippen MR) is 123 cm³/mol. The number of halogens is 1. The topological polar surface area (TPSA) is 63.6 Å². The van der Waals surface area contributed by atoms with Crippen LogP contribution in [0.4, 0.5) is 0 Å². The first-order valence-electron chi connectivity index (χ1n) is 9.39. The van der Waals surface area contributed by atoms with Gasteiger partial charge < -0.3 is 0 Å². The zero-order valence-electron chi connectivity index (χ0n) is 15.7. The van der Waals surface area contributed by atoms with Crippen LogP contribution in [0.5, 0.6) is 0 Å². The van der Waals surface area contributed by atoms with Gasteiger partial charge >= 0.3 is 0 Å². The molecule has 5 nitrogen and oxygen atoms in total. The highest BCUT2D eigenvalue weighted by Crippen LogP contribution is 2.38. The molecule has 144 valence electrons. The molecule has 2 N–H and O–H groups in total. The molecule has 30 heavy (non-hydrogen) atoms. The van der Waals surface area contributed by atoms with Crippen molar-refractivity contribution in [1.29, 1.82) is 0 Å². The van der Waals surface area contributed by atoms with Crippen molar-refractivity contribution in [3.8, 4) is 10.6 Å². The average Bonchev–Trinajstić information content (AvgIpc) is 3.33. The lowest BCUT2D eigenvalue weighted by Crippen LogP contribution is -2.53. The van der Waals surface area contributed by atoms with Gasteiger partial charge in [0.2, 0.25) is 5.70 Å². The summed E-state index contributed by atoms with van der Waals surface area (Å²) in [6.45, 7) is 0. The second kappa shape index (κ2) is 6.42. The third-order valence-electron chi connectivity index (χ3n) is 5.41. The lowest BCUT2D eigenvalue weighted by molar-refractivity contribution is -0.750. The van der Waals surface area contributed by atoms with Crippen LogP contribution in [-0.4, -0.2) is 21.6 Å². The third-order valence-corrected chi connectivity index (χ3v) is 6.62. The molecule has 0 bridgehead atoms. The molecular weight excluding hydrogens is 414 g/mol. The number of rotatable bonds is 3. The fraction of sp³-hybridized carbons (Fsp3) is 0. The maximum Gasteiger partial charge on any atom is 0.266 e. The largest absolute Gasteiger partial charge is 0.266 e. The van der Waals surface area contributed by atoms with Gasteiger partial charge in [-0.05, 0) is 29.6 Å². The van der Waals surface area contributed by atoms with Crippen molar-refractivity contribution in [2.45, 2.75) is 0 Å². The Morgan fingerprint density at radius 2 is 2.03 bits per heavy atom. The Hall–Kier alpha value is -3.16. The molecule has 1 aliphatic carbocycles. The van der Waals surface area contributed by atoms with Gasteiger partial charge in [-0.2, -0.15) is 10.8 Å². The van der Waals surface area contributed by atoms with Gasteiger partial charge in [-0.3, -0.25) is 4.99 Å². The zero-order chi connectivity index (χ0) is 20.3. The number of amidine groups is 1. The van der Waals surface area contributed by atoms with Gasteiger partial charge in [0.1, 0.15) is 11.9 Å². The number of aromatic nitrogens is 1. The van der Waals surface area contributed by atoms with Crippen LogP contribution in [0.15, 0.2) is 99.4 Å². The molecular formula is C23H15ClN5S+. The van der Waals surface area contributed by atoms with Crippen LogP contribution in [0, 0.1) is 0 Å². The summed E-state index contributed by atoms with van der Waals surface area (Å²) in [5.41, 5.74) is 5.22. The molecule has 7 heteroatoms. The maximum atomic E-state index is 6.81. The van der Waals surface area contributed by atoms with E-state index in [-0.39, 0.29) is 4.59 Å². The van der Waals surface area contributed by atoms with Crippen molar-refractivity contribution in [3.63, 3.8) is 0 Å². The van der Waals surface area contributed by atoms with Crippen molar-refractivity contribution < 1.29 is 4.59 Å². The average molecular weight is 429 g/mol. The summed E-state index contributed by atoms with van der Waals surface area (Å²) in [5, 5.41) is 3.61. The quantitative estimate of drug-likeness (QED) is 0.452. The van der Waals surface area contributed by atoms with Crippen LogP contribution in [0.1, 0.15) is 5.56 Å². The Bertz CT molecular complexity index is 1410. The third kappa shape index (κ3) is 2.52. The lowest BCUT2D eigenvalue weighted by Gasteiger charge is -2.26. The number of pyridine rings is 1. The second-order valence-corrected chi connectivity index (χ2v) is 8.56. The summed E-state index contributed by atoms with van der Waals surface area (Å²) in [4.78, 5) is 15.2. The summed E-state index contributed by atoms with van der Waals surface area (Å²) >= 11 is 8.38. The number of allylic oxidation sites excluding steroid dienone is 4. The second-order valence-electron chi connectivity index (χ2n) is 7.20. The van der Waals surface area contributed by atoms with E-state index >= 15 is 0 Å². The molecule has 0 fully saturated rings. The zero-order valence-corrected chi connectivity index (χ0v) is 17.2.